The Morgan fingerprint density at radius 3 is 2.81 bits per heavy atom. The zero-order valence-electron chi connectivity index (χ0n) is 14.9. The third-order valence-electron chi connectivity index (χ3n) is 4.32. The minimum Gasteiger partial charge on any atom is -0.348 e. The van der Waals surface area contributed by atoms with Crippen molar-refractivity contribution in [2.45, 2.75) is 19.5 Å². The van der Waals surface area contributed by atoms with Crippen LogP contribution in [-0.4, -0.2) is 31.7 Å². The number of amides is 1. The maximum absolute atomic E-state index is 13.0. The molecule has 4 aromatic rings. The topological polar surface area (TPSA) is 72.7 Å². The first-order valence-corrected chi connectivity index (χ1v) is 8.79. The molecule has 1 N–H and O–H groups in total. The average molecular weight is 357 g/mol. The Morgan fingerprint density at radius 1 is 1.15 bits per heavy atom. The number of benzene rings is 1. The van der Waals surface area contributed by atoms with Crippen LogP contribution >= 0.6 is 0 Å². The second-order valence-corrected chi connectivity index (χ2v) is 6.42. The summed E-state index contributed by atoms with van der Waals surface area (Å²) in [7, 11) is 0. The van der Waals surface area contributed by atoms with Crippen molar-refractivity contribution in [3.63, 3.8) is 0 Å². The number of pyridine rings is 2. The standard InChI is InChI=1S/C21H19N5O/c1-15(14-26-11-5-10-23-26)24-21(27)18-12-20(16-6-4-9-22-13-16)25-19-8-3-2-7-17(18)19/h2-13,15H,14H2,1H3,(H,24,27)/t15-/m0/s1. The second kappa shape index (κ2) is 7.37. The molecule has 0 fully saturated rings. The molecule has 1 aromatic carbocycles. The van der Waals surface area contributed by atoms with Crippen molar-refractivity contribution in [3.8, 4) is 11.3 Å². The lowest BCUT2D eigenvalue weighted by atomic mass is 10.0. The lowest BCUT2D eigenvalue weighted by Crippen LogP contribution is -2.36. The van der Waals surface area contributed by atoms with E-state index in [0.717, 1.165) is 22.2 Å². The zero-order chi connectivity index (χ0) is 18.6. The highest BCUT2D eigenvalue weighted by molar-refractivity contribution is 6.07. The van der Waals surface area contributed by atoms with Crippen molar-refractivity contribution in [1.82, 2.24) is 25.1 Å². The molecular weight excluding hydrogens is 338 g/mol. The Balaban J connectivity index is 1.68. The van der Waals surface area contributed by atoms with Crippen molar-refractivity contribution in [2.75, 3.05) is 0 Å². The maximum Gasteiger partial charge on any atom is 0.252 e. The van der Waals surface area contributed by atoms with Crippen LogP contribution in [0, 0.1) is 0 Å². The number of fused-ring (bicyclic) bond motifs is 1. The number of hydrogen-bond donors (Lipinski definition) is 1. The molecule has 3 aromatic heterocycles. The summed E-state index contributed by atoms with van der Waals surface area (Å²) in [5.74, 6) is -0.126. The first kappa shape index (κ1) is 16.9. The van der Waals surface area contributed by atoms with Gasteiger partial charge in [-0.05, 0) is 37.3 Å². The molecule has 0 radical (unpaired) electrons. The van der Waals surface area contributed by atoms with Crippen LogP contribution in [0.1, 0.15) is 17.3 Å². The van der Waals surface area contributed by atoms with Crippen molar-refractivity contribution in [3.05, 3.63) is 78.9 Å². The molecule has 1 atom stereocenters. The fraction of sp³-hybridized carbons (Fsp3) is 0.143. The molecule has 0 spiro atoms. The summed E-state index contributed by atoms with van der Waals surface area (Å²) in [6.45, 7) is 2.57. The fourth-order valence-electron chi connectivity index (χ4n) is 3.06. The van der Waals surface area contributed by atoms with Gasteiger partial charge in [-0.1, -0.05) is 18.2 Å². The van der Waals surface area contributed by atoms with E-state index in [1.807, 2.05) is 61.7 Å². The van der Waals surface area contributed by atoms with Gasteiger partial charge in [0.2, 0.25) is 0 Å². The van der Waals surface area contributed by atoms with Crippen LogP contribution in [0.4, 0.5) is 0 Å². The lowest BCUT2D eigenvalue weighted by Gasteiger charge is -2.15. The van der Waals surface area contributed by atoms with E-state index in [-0.39, 0.29) is 11.9 Å². The molecule has 134 valence electrons. The molecule has 0 aliphatic carbocycles. The average Bonchev–Trinajstić information content (AvgIpc) is 3.20. The molecule has 4 rings (SSSR count). The van der Waals surface area contributed by atoms with Crippen LogP contribution in [0.2, 0.25) is 0 Å². The van der Waals surface area contributed by atoms with Gasteiger partial charge in [0.25, 0.3) is 5.91 Å². The number of para-hydroxylation sites is 1. The van der Waals surface area contributed by atoms with E-state index in [0.29, 0.717) is 12.1 Å². The summed E-state index contributed by atoms with van der Waals surface area (Å²) in [5, 5.41) is 8.08. The van der Waals surface area contributed by atoms with E-state index in [2.05, 4.69) is 15.4 Å². The van der Waals surface area contributed by atoms with Gasteiger partial charge in [-0.2, -0.15) is 5.10 Å². The summed E-state index contributed by atoms with van der Waals surface area (Å²) >= 11 is 0. The second-order valence-electron chi connectivity index (χ2n) is 6.42. The van der Waals surface area contributed by atoms with Gasteiger partial charge in [0.15, 0.2) is 0 Å². The smallest absolute Gasteiger partial charge is 0.252 e. The number of carbonyl (C=O) groups excluding carboxylic acids is 1. The van der Waals surface area contributed by atoms with Gasteiger partial charge in [0, 0.05) is 41.8 Å². The number of aromatic nitrogens is 4. The Labute approximate surface area is 156 Å². The highest BCUT2D eigenvalue weighted by Crippen LogP contribution is 2.24. The summed E-state index contributed by atoms with van der Waals surface area (Å²) in [6, 6.07) is 15.1. The maximum atomic E-state index is 13.0. The van der Waals surface area contributed by atoms with E-state index in [1.54, 1.807) is 23.3 Å². The highest BCUT2D eigenvalue weighted by Gasteiger charge is 2.16. The van der Waals surface area contributed by atoms with Crippen LogP contribution in [0.25, 0.3) is 22.2 Å². The third kappa shape index (κ3) is 3.69. The van der Waals surface area contributed by atoms with Gasteiger partial charge in [0.05, 0.1) is 23.3 Å². The first-order chi connectivity index (χ1) is 13.2. The van der Waals surface area contributed by atoms with E-state index >= 15 is 0 Å². The fourth-order valence-corrected chi connectivity index (χ4v) is 3.06. The predicted molar refractivity (Wildman–Crippen MR) is 104 cm³/mol. The van der Waals surface area contributed by atoms with Crippen molar-refractivity contribution < 1.29 is 4.79 Å². The largest absolute Gasteiger partial charge is 0.348 e. The highest BCUT2D eigenvalue weighted by atomic mass is 16.1. The monoisotopic (exact) mass is 357 g/mol. The zero-order valence-corrected chi connectivity index (χ0v) is 14.9. The van der Waals surface area contributed by atoms with Crippen molar-refractivity contribution in [1.29, 1.82) is 0 Å². The van der Waals surface area contributed by atoms with E-state index < -0.39 is 0 Å². The summed E-state index contributed by atoms with van der Waals surface area (Å²) in [5.41, 5.74) is 2.99. The Kier molecular flexibility index (Phi) is 4.61. The minimum absolute atomic E-state index is 0.0637. The number of nitrogens with one attached hydrogen (secondary N) is 1. The van der Waals surface area contributed by atoms with Gasteiger partial charge in [-0.3, -0.25) is 14.5 Å². The van der Waals surface area contributed by atoms with Gasteiger partial charge in [0.1, 0.15) is 0 Å². The van der Waals surface area contributed by atoms with Gasteiger partial charge in [-0.15, -0.1) is 0 Å². The molecule has 0 aliphatic rings. The Hall–Kier alpha value is -3.54. The molecule has 27 heavy (non-hydrogen) atoms. The van der Waals surface area contributed by atoms with Crippen LogP contribution in [0.3, 0.4) is 0 Å². The molecule has 0 saturated heterocycles. The number of nitrogens with zero attached hydrogens (tertiary/aromatic N) is 4. The van der Waals surface area contributed by atoms with Crippen LogP contribution in [0.15, 0.2) is 73.3 Å². The van der Waals surface area contributed by atoms with Crippen LogP contribution in [-0.2, 0) is 6.54 Å². The minimum atomic E-state index is -0.126. The molecule has 3 heterocycles. The van der Waals surface area contributed by atoms with Crippen LogP contribution in [0.5, 0.6) is 0 Å². The van der Waals surface area contributed by atoms with Crippen molar-refractivity contribution >= 4 is 16.8 Å². The number of rotatable bonds is 5. The summed E-state index contributed by atoms with van der Waals surface area (Å²) < 4.78 is 1.80. The lowest BCUT2D eigenvalue weighted by molar-refractivity contribution is 0.0937. The van der Waals surface area contributed by atoms with Gasteiger partial charge < -0.3 is 5.32 Å². The van der Waals surface area contributed by atoms with Gasteiger partial charge in [-0.25, -0.2) is 4.98 Å². The SMILES string of the molecule is C[C@@H](Cn1cccn1)NC(=O)c1cc(-c2cccnc2)nc2ccccc12. The predicted octanol–water partition coefficient (Wildman–Crippen LogP) is 3.31. The quantitative estimate of drug-likeness (QED) is 0.595. The molecule has 0 bridgehead atoms. The van der Waals surface area contributed by atoms with E-state index in [9.17, 15) is 4.79 Å². The molecule has 6 heteroatoms. The van der Waals surface area contributed by atoms with Crippen molar-refractivity contribution in [2.24, 2.45) is 0 Å². The third-order valence-corrected chi connectivity index (χ3v) is 4.32. The Morgan fingerprint density at radius 2 is 2.04 bits per heavy atom. The normalized spacial score (nSPS) is 12.0. The Bertz CT molecular complexity index is 1060. The molecule has 0 unspecified atom stereocenters. The summed E-state index contributed by atoms with van der Waals surface area (Å²) in [4.78, 5) is 21.8. The van der Waals surface area contributed by atoms with E-state index in [1.165, 1.54) is 0 Å². The molecule has 1 amide bonds. The summed E-state index contributed by atoms with van der Waals surface area (Å²) in [6.07, 6.45) is 7.07. The molecule has 6 nitrogen and oxygen atoms in total. The van der Waals surface area contributed by atoms with Crippen LogP contribution < -0.4 is 5.32 Å². The van der Waals surface area contributed by atoms with Gasteiger partial charge >= 0.3 is 0 Å². The number of hydrogen-bond acceptors (Lipinski definition) is 4. The molecule has 0 aliphatic heterocycles. The molecular formula is C21H19N5O. The van der Waals surface area contributed by atoms with E-state index in [4.69, 9.17) is 4.98 Å². The first-order valence-electron chi connectivity index (χ1n) is 8.79. The number of carbonyl (C=O) groups is 1. The molecule has 0 saturated carbocycles.